The van der Waals surface area contributed by atoms with Crippen LogP contribution < -0.4 is 5.32 Å². The quantitative estimate of drug-likeness (QED) is 0.808. The normalized spacial score (nSPS) is 37.5. The van der Waals surface area contributed by atoms with Gasteiger partial charge in [0.1, 0.15) is 0 Å². The molecule has 0 amide bonds. The number of piperazine rings is 1. The van der Waals surface area contributed by atoms with Crippen molar-refractivity contribution in [3.8, 4) is 0 Å². The molecule has 4 atom stereocenters. The molecule has 0 aromatic carbocycles. The van der Waals surface area contributed by atoms with Gasteiger partial charge >= 0.3 is 0 Å². The Morgan fingerprint density at radius 3 is 2.39 bits per heavy atom. The van der Waals surface area contributed by atoms with Crippen LogP contribution in [0, 0.1) is 11.8 Å². The molecule has 0 aromatic rings. The molecule has 106 valence electrons. The summed E-state index contributed by atoms with van der Waals surface area (Å²) in [5.41, 5.74) is 0.416. The van der Waals surface area contributed by atoms with E-state index in [0.717, 1.165) is 17.9 Å². The van der Waals surface area contributed by atoms with Crippen molar-refractivity contribution in [2.24, 2.45) is 11.8 Å². The zero-order valence-electron chi connectivity index (χ0n) is 13.0. The van der Waals surface area contributed by atoms with E-state index in [-0.39, 0.29) is 0 Å². The number of nitrogens with zero attached hydrogens (tertiary/aromatic N) is 1. The maximum Gasteiger partial charge on any atom is 0.0337 e. The number of hydrogen-bond donors (Lipinski definition) is 1. The maximum atomic E-state index is 3.85. The maximum absolute atomic E-state index is 3.85. The molecule has 2 heteroatoms. The van der Waals surface area contributed by atoms with Crippen molar-refractivity contribution >= 4 is 0 Å². The summed E-state index contributed by atoms with van der Waals surface area (Å²) in [5.74, 6) is 1.73. The fourth-order valence-electron chi connectivity index (χ4n) is 3.58. The first kappa shape index (κ1) is 14.3. The Hall–Kier alpha value is -0.0800. The molecular formula is C16H32N2. The van der Waals surface area contributed by atoms with Gasteiger partial charge in [0.05, 0.1) is 0 Å². The minimum atomic E-state index is 0.416. The van der Waals surface area contributed by atoms with Crippen LogP contribution >= 0.6 is 0 Å². The zero-order valence-corrected chi connectivity index (χ0v) is 13.0. The Kier molecular flexibility index (Phi) is 4.38. The van der Waals surface area contributed by atoms with Crippen molar-refractivity contribution < 1.29 is 0 Å². The van der Waals surface area contributed by atoms with Crippen LogP contribution in [-0.2, 0) is 0 Å². The van der Waals surface area contributed by atoms with Crippen LogP contribution in [0.15, 0.2) is 0 Å². The van der Waals surface area contributed by atoms with Crippen molar-refractivity contribution in [2.45, 2.75) is 77.9 Å². The lowest BCUT2D eigenvalue weighted by Gasteiger charge is -2.52. The average Bonchev–Trinajstić information content (AvgIpc) is 3.22. The Labute approximate surface area is 114 Å². The molecule has 1 N–H and O–H groups in total. The van der Waals surface area contributed by atoms with Gasteiger partial charge in [0.15, 0.2) is 0 Å². The highest BCUT2D eigenvalue weighted by Crippen LogP contribution is 2.45. The lowest BCUT2D eigenvalue weighted by molar-refractivity contribution is -0.00692. The molecule has 0 spiro atoms. The van der Waals surface area contributed by atoms with Gasteiger partial charge in [-0.05, 0) is 44.9 Å². The molecular weight excluding hydrogens is 220 g/mol. The molecule has 1 heterocycles. The lowest BCUT2D eigenvalue weighted by atomic mass is 9.85. The fraction of sp³-hybridized carbons (Fsp3) is 1.00. The van der Waals surface area contributed by atoms with Crippen LogP contribution in [0.5, 0.6) is 0 Å². The second kappa shape index (κ2) is 5.50. The molecule has 0 aromatic heterocycles. The fourth-order valence-corrected chi connectivity index (χ4v) is 3.58. The van der Waals surface area contributed by atoms with Crippen LogP contribution in [-0.4, -0.2) is 35.6 Å². The summed E-state index contributed by atoms with van der Waals surface area (Å²) >= 11 is 0. The summed E-state index contributed by atoms with van der Waals surface area (Å²) in [6.45, 7) is 14.4. The van der Waals surface area contributed by atoms with Crippen LogP contribution in [0.25, 0.3) is 0 Å². The van der Waals surface area contributed by atoms with Gasteiger partial charge in [-0.1, -0.05) is 27.2 Å². The summed E-state index contributed by atoms with van der Waals surface area (Å²) < 4.78 is 0. The minimum absolute atomic E-state index is 0.416. The van der Waals surface area contributed by atoms with E-state index < -0.39 is 0 Å². The highest BCUT2D eigenvalue weighted by molar-refractivity contribution is 5.06. The van der Waals surface area contributed by atoms with Crippen molar-refractivity contribution in [3.05, 3.63) is 0 Å². The SMILES string of the molecule is CCC(C)C1CN(C(C)CC)C(C)(C2CC2)CN1. The summed E-state index contributed by atoms with van der Waals surface area (Å²) in [6, 6.07) is 1.42. The van der Waals surface area contributed by atoms with Crippen molar-refractivity contribution in [3.63, 3.8) is 0 Å². The molecule has 1 aliphatic heterocycles. The first-order valence-corrected chi connectivity index (χ1v) is 8.03. The van der Waals surface area contributed by atoms with Gasteiger partial charge < -0.3 is 5.32 Å². The zero-order chi connectivity index (χ0) is 13.3. The second-order valence-electron chi connectivity index (χ2n) is 6.91. The Bertz CT molecular complexity index is 274. The highest BCUT2D eigenvalue weighted by Gasteiger charge is 2.49. The number of nitrogens with one attached hydrogen (secondary N) is 1. The Morgan fingerprint density at radius 1 is 1.22 bits per heavy atom. The molecule has 1 saturated carbocycles. The highest BCUT2D eigenvalue weighted by atomic mass is 15.3. The molecule has 2 nitrogen and oxygen atoms in total. The van der Waals surface area contributed by atoms with E-state index in [9.17, 15) is 0 Å². The number of hydrogen-bond acceptors (Lipinski definition) is 2. The third kappa shape index (κ3) is 2.60. The minimum Gasteiger partial charge on any atom is -0.311 e. The van der Waals surface area contributed by atoms with E-state index in [2.05, 4.69) is 44.8 Å². The molecule has 18 heavy (non-hydrogen) atoms. The molecule has 2 fully saturated rings. The van der Waals surface area contributed by atoms with Crippen LogP contribution in [0.1, 0.15) is 60.3 Å². The molecule has 0 bridgehead atoms. The predicted molar refractivity (Wildman–Crippen MR) is 78.8 cm³/mol. The second-order valence-corrected chi connectivity index (χ2v) is 6.91. The van der Waals surface area contributed by atoms with Gasteiger partial charge in [-0.2, -0.15) is 0 Å². The topological polar surface area (TPSA) is 15.3 Å². The summed E-state index contributed by atoms with van der Waals surface area (Å²) in [7, 11) is 0. The monoisotopic (exact) mass is 252 g/mol. The lowest BCUT2D eigenvalue weighted by Crippen LogP contribution is -2.67. The predicted octanol–water partition coefficient (Wildman–Crippen LogP) is 3.27. The van der Waals surface area contributed by atoms with Crippen LogP contribution in [0.4, 0.5) is 0 Å². The van der Waals surface area contributed by atoms with E-state index in [0.29, 0.717) is 11.6 Å². The standard InChI is InChI=1S/C16H32N2/c1-6-12(3)15-10-18(13(4)7-2)16(5,11-17-15)14-8-9-14/h12-15,17H,6-11H2,1-5H3. The van der Waals surface area contributed by atoms with Crippen LogP contribution in [0.2, 0.25) is 0 Å². The largest absolute Gasteiger partial charge is 0.311 e. The summed E-state index contributed by atoms with van der Waals surface area (Å²) in [4.78, 5) is 2.83. The third-order valence-corrected chi connectivity index (χ3v) is 5.68. The van der Waals surface area contributed by atoms with Crippen molar-refractivity contribution in [1.82, 2.24) is 10.2 Å². The summed E-state index contributed by atoms with van der Waals surface area (Å²) in [6.07, 6.45) is 5.44. The Morgan fingerprint density at radius 2 is 1.89 bits per heavy atom. The smallest absolute Gasteiger partial charge is 0.0337 e. The summed E-state index contributed by atoms with van der Waals surface area (Å²) in [5, 5.41) is 3.85. The molecule has 2 aliphatic rings. The molecule has 1 saturated heterocycles. The van der Waals surface area contributed by atoms with Gasteiger partial charge in [-0.25, -0.2) is 0 Å². The van der Waals surface area contributed by atoms with Crippen molar-refractivity contribution in [2.75, 3.05) is 13.1 Å². The van der Waals surface area contributed by atoms with E-state index in [1.54, 1.807) is 0 Å². The van der Waals surface area contributed by atoms with Gasteiger partial charge in [0.25, 0.3) is 0 Å². The molecule has 4 unspecified atom stereocenters. The number of rotatable bonds is 5. The van der Waals surface area contributed by atoms with Gasteiger partial charge in [0.2, 0.25) is 0 Å². The van der Waals surface area contributed by atoms with E-state index >= 15 is 0 Å². The van der Waals surface area contributed by atoms with E-state index in [1.165, 1.54) is 38.8 Å². The molecule has 2 rings (SSSR count). The molecule has 1 aliphatic carbocycles. The first-order valence-electron chi connectivity index (χ1n) is 8.03. The molecule has 0 radical (unpaired) electrons. The Balaban J connectivity index is 2.10. The first-order chi connectivity index (χ1) is 8.52. The van der Waals surface area contributed by atoms with Gasteiger partial charge in [-0.3, -0.25) is 4.90 Å². The van der Waals surface area contributed by atoms with E-state index in [4.69, 9.17) is 0 Å². The van der Waals surface area contributed by atoms with E-state index in [1.807, 2.05) is 0 Å². The van der Waals surface area contributed by atoms with Gasteiger partial charge in [0, 0.05) is 30.7 Å². The van der Waals surface area contributed by atoms with Crippen LogP contribution in [0.3, 0.4) is 0 Å². The average molecular weight is 252 g/mol. The van der Waals surface area contributed by atoms with Gasteiger partial charge in [-0.15, -0.1) is 0 Å². The van der Waals surface area contributed by atoms with Crippen molar-refractivity contribution in [1.29, 1.82) is 0 Å². The third-order valence-electron chi connectivity index (χ3n) is 5.68.